The minimum Gasteiger partial charge on any atom is -0.507 e. The molecule has 0 bridgehead atoms. The van der Waals surface area contributed by atoms with Crippen molar-refractivity contribution in [3.63, 3.8) is 0 Å². The molecule has 0 saturated carbocycles. The molecule has 1 atom stereocenters. The SMILES string of the molecule is CC(C)(c1ccc(OC/C(O)=C/N2CCNCC2)cc1)c1ccc(OCC(O)CCl)c(I)c1. The fraction of sp³-hybridized carbons (Fsp3) is 0.440. The smallest absolute Gasteiger partial charge is 0.146 e. The molecule has 1 heterocycles. The Morgan fingerprint density at radius 1 is 1.15 bits per heavy atom. The number of hydrogen-bond donors (Lipinski definition) is 3. The monoisotopic (exact) mass is 586 g/mol. The van der Waals surface area contributed by atoms with E-state index in [1.54, 1.807) is 6.20 Å². The molecule has 0 amide bonds. The first-order chi connectivity index (χ1) is 15.8. The zero-order valence-electron chi connectivity index (χ0n) is 19.1. The topological polar surface area (TPSA) is 74.2 Å². The van der Waals surface area contributed by atoms with Crippen molar-refractivity contribution < 1.29 is 19.7 Å². The highest BCUT2D eigenvalue weighted by atomic mass is 127. The van der Waals surface area contributed by atoms with E-state index in [9.17, 15) is 10.2 Å². The molecule has 0 spiro atoms. The highest BCUT2D eigenvalue weighted by Crippen LogP contribution is 2.35. The van der Waals surface area contributed by atoms with Crippen LogP contribution in [0.3, 0.4) is 0 Å². The average Bonchev–Trinajstić information content (AvgIpc) is 2.82. The minimum atomic E-state index is -0.682. The van der Waals surface area contributed by atoms with Crippen LogP contribution in [-0.2, 0) is 5.41 Å². The summed E-state index contributed by atoms with van der Waals surface area (Å²) in [5.74, 6) is 1.81. The number of aliphatic hydroxyl groups is 2. The Balaban J connectivity index is 1.61. The zero-order chi connectivity index (χ0) is 23.8. The van der Waals surface area contributed by atoms with Crippen molar-refractivity contribution in [3.8, 4) is 11.5 Å². The van der Waals surface area contributed by atoms with Crippen LogP contribution in [0.5, 0.6) is 11.5 Å². The molecule has 180 valence electrons. The Hall–Kier alpha value is -1.68. The molecular formula is C25H32ClIN2O4. The molecule has 6 nitrogen and oxygen atoms in total. The quantitative estimate of drug-likeness (QED) is 0.219. The molecule has 3 rings (SSSR count). The summed E-state index contributed by atoms with van der Waals surface area (Å²) in [5.41, 5.74) is 2.08. The number of aliphatic hydroxyl groups excluding tert-OH is 2. The first kappa shape index (κ1) is 25.9. The standard InChI is InChI=1S/C25H32ClIN2O4/c1-25(2,19-5-8-24(23(27)13-19)33-16-20(30)14-26)18-3-6-22(7-4-18)32-17-21(31)15-29-11-9-28-10-12-29/h3-8,13,15,20,28,30-31H,9-12,14,16-17H2,1-2H3/b21-15-. The van der Waals surface area contributed by atoms with Crippen molar-refractivity contribution in [2.75, 3.05) is 45.3 Å². The molecule has 33 heavy (non-hydrogen) atoms. The fourth-order valence-corrected chi connectivity index (χ4v) is 4.35. The van der Waals surface area contributed by atoms with Crippen LogP contribution < -0.4 is 14.8 Å². The first-order valence-electron chi connectivity index (χ1n) is 11.0. The second-order valence-corrected chi connectivity index (χ2v) is 10.1. The van der Waals surface area contributed by atoms with Crippen LogP contribution in [0.15, 0.2) is 54.4 Å². The van der Waals surface area contributed by atoms with Gasteiger partial charge in [-0.1, -0.05) is 32.0 Å². The summed E-state index contributed by atoms with van der Waals surface area (Å²) in [4.78, 5) is 2.10. The van der Waals surface area contributed by atoms with E-state index in [-0.39, 0.29) is 30.3 Å². The number of halogens is 2. The summed E-state index contributed by atoms with van der Waals surface area (Å²) in [6, 6.07) is 14.1. The van der Waals surface area contributed by atoms with Crippen LogP contribution >= 0.6 is 34.2 Å². The van der Waals surface area contributed by atoms with Crippen LogP contribution in [-0.4, -0.2) is 66.5 Å². The number of alkyl halides is 1. The molecule has 1 fully saturated rings. The van der Waals surface area contributed by atoms with Gasteiger partial charge in [0.1, 0.15) is 36.6 Å². The molecule has 2 aromatic carbocycles. The van der Waals surface area contributed by atoms with Crippen molar-refractivity contribution in [2.24, 2.45) is 0 Å². The summed E-state index contributed by atoms with van der Waals surface area (Å²) >= 11 is 7.89. The second kappa shape index (κ2) is 12.1. The van der Waals surface area contributed by atoms with E-state index in [2.05, 4.69) is 64.9 Å². The van der Waals surface area contributed by atoms with Gasteiger partial charge >= 0.3 is 0 Å². The van der Waals surface area contributed by atoms with Gasteiger partial charge in [0.2, 0.25) is 0 Å². The van der Waals surface area contributed by atoms with Crippen molar-refractivity contribution in [1.82, 2.24) is 10.2 Å². The van der Waals surface area contributed by atoms with Crippen molar-refractivity contribution in [1.29, 1.82) is 0 Å². The van der Waals surface area contributed by atoms with Crippen molar-refractivity contribution in [3.05, 3.63) is 69.1 Å². The third kappa shape index (κ3) is 7.40. The second-order valence-electron chi connectivity index (χ2n) is 8.61. The normalized spacial score (nSPS) is 15.9. The van der Waals surface area contributed by atoms with Gasteiger partial charge in [0.05, 0.1) is 9.45 Å². The van der Waals surface area contributed by atoms with Gasteiger partial charge in [0.25, 0.3) is 0 Å². The molecule has 0 radical (unpaired) electrons. The molecule has 2 aromatic rings. The highest BCUT2D eigenvalue weighted by molar-refractivity contribution is 14.1. The molecular weight excluding hydrogens is 555 g/mol. The lowest BCUT2D eigenvalue weighted by Crippen LogP contribution is -2.40. The van der Waals surface area contributed by atoms with Gasteiger partial charge in [-0.15, -0.1) is 11.6 Å². The largest absolute Gasteiger partial charge is 0.507 e. The Morgan fingerprint density at radius 3 is 2.45 bits per heavy atom. The minimum absolute atomic E-state index is 0.144. The van der Waals surface area contributed by atoms with E-state index in [1.807, 2.05) is 24.3 Å². The molecule has 1 aliphatic rings. The van der Waals surface area contributed by atoms with E-state index in [0.29, 0.717) is 5.75 Å². The molecule has 8 heteroatoms. The van der Waals surface area contributed by atoms with Gasteiger partial charge in [-0.25, -0.2) is 0 Å². The Labute approximate surface area is 214 Å². The fourth-order valence-electron chi connectivity index (χ4n) is 3.59. The predicted molar refractivity (Wildman–Crippen MR) is 141 cm³/mol. The number of hydrogen-bond acceptors (Lipinski definition) is 6. The lowest BCUT2D eigenvalue weighted by atomic mass is 9.78. The van der Waals surface area contributed by atoms with Crippen LogP contribution in [0, 0.1) is 3.57 Å². The summed E-state index contributed by atoms with van der Waals surface area (Å²) in [7, 11) is 0. The number of benzene rings is 2. The van der Waals surface area contributed by atoms with Crippen LogP contribution in [0.1, 0.15) is 25.0 Å². The summed E-state index contributed by atoms with van der Waals surface area (Å²) < 4.78 is 12.4. The third-order valence-electron chi connectivity index (χ3n) is 5.71. The van der Waals surface area contributed by atoms with E-state index in [0.717, 1.165) is 46.6 Å². The average molecular weight is 587 g/mol. The number of ether oxygens (including phenoxy) is 2. The summed E-state index contributed by atoms with van der Waals surface area (Å²) in [6.07, 6.45) is 1.09. The maximum atomic E-state index is 10.2. The van der Waals surface area contributed by atoms with Gasteiger partial charge in [0, 0.05) is 37.8 Å². The van der Waals surface area contributed by atoms with Crippen LogP contribution in [0.25, 0.3) is 0 Å². The van der Waals surface area contributed by atoms with Gasteiger partial charge < -0.3 is 29.9 Å². The van der Waals surface area contributed by atoms with Crippen molar-refractivity contribution >= 4 is 34.2 Å². The predicted octanol–water partition coefficient (Wildman–Crippen LogP) is 4.28. The molecule has 1 unspecified atom stereocenters. The van der Waals surface area contributed by atoms with E-state index < -0.39 is 6.10 Å². The third-order valence-corrected chi connectivity index (χ3v) is 6.91. The van der Waals surface area contributed by atoms with E-state index in [4.69, 9.17) is 21.1 Å². The molecule has 1 saturated heterocycles. The molecule has 0 aromatic heterocycles. The lowest BCUT2D eigenvalue weighted by Gasteiger charge is -2.27. The molecule has 1 aliphatic heterocycles. The zero-order valence-corrected chi connectivity index (χ0v) is 22.0. The Morgan fingerprint density at radius 2 is 1.82 bits per heavy atom. The molecule has 3 N–H and O–H groups in total. The van der Waals surface area contributed by atoms with E-state index >= 15 is 0 Å². The Kier molecular flexibility index (Phi) is 9.55. The maximum Gasteiger partial charge on any atom is 0.146 e. The lowest BCUT2D eigenvalue weighted by molar-refractivity contribution is 0.125. The number of nitrogens with one attached hydrogen (secondary N) is 1. The number of piperazine rings is 1. The van der Waals surface area contributed by atoms with E-state index in [1.165, 1.54) is 0 Å². The van der Waals surface area contributed by atoms with Crippen LogP contribution in [0.2, 0.25) is 0 Å². The summed E-state index contributed by atoms with van der Waals surface area (Å²) in [6.45, 7) is 8.28. The van der Waals surface area contributed by atoms with Crippen molar-refractivity contribution in [2.45, 2.75) is 25.4 Å². The number of nitrogens with zero attached hydrogens (tertiary/aromatic N) is 1. The summed E-state index contributed by atoms with van der Waals surface area (Å²) in [5, 5.41) is 23.1. The van der Waals surface area contributed by atoms with Gasteiger partial charge in [0.15, 0.2) is 0 Å². The maximum absolute atomic E-state index is 10.2. The molecule has 0 aliphatic carbocycles. The Bertz CT molecular complexity index is 931. The van der Waals surface area contributed by atoms with Gasteiger partial charge in [-0.05, 0) is 58.0 Å². The first-order valence-corrected chi connectivity index (χ1v) is 12.7. The van der Waals surface area contributed by atoms with Crippen LogP contribution in [0.4, 0.5) is 0 Å². The highest BCUT2D eigenvalue weighted by Gasteiger charge is 2.24. The van der Waals surface area contributed by atoms with Gasteiger partial charge in [-0.2, -0.15) is 0 Å². The number of rotatable bonds is 10. The van der Waals surface area contributed by atoms with Gasteiger partial charge in [-0.3, -0.25) is 0 Å².